The molecule has 2 aliphatic rings. The summed E-state index contributed by atoms with van der Waals surface area (Å²) in [5, 5.41) is 0. The van der Waals surface area contributed by atoms with Crippen LogP contribution in [-0.4, -0.2) is 12.7 Å². The van der Waals surface area contributed by atoms with E-state index in [2.05, 4.69) is 0 Å². The second-order valence-corrected chi connectivity index (χ2v) is 5.82. The largest absolute Gasteiger partial charge is 0.490 e. The van der Waals surface area contributed by atoms with Crippen LogP contribution in [0.4, 0.5) is 8.78 Å². The van der Waals surface area contributed by atoms with Crippen molar-refractivity contribution in [1.29, 1.82) is 0 Å². The van der Waals surface area contributed by atoms with Gasteiger partial charge in [-0.05, 0) is 56.6 Å². The molecule has 0 amide bonds. The quantitative estimate of drug-likeness (QED) is 0.793. The highest BCUT2D eigenvalue weighted by molar-refractivity contribution is 5.35. The first kappa shape index (κ1) is 13.7. The van der Waals surface area contributed by atoms with Crippen LogP contribution in [0.2, 0.25) is 0 Å². The summed E-state index contributed by atoms with van der Waals surface area (Å²) in [5.74, 6) is -1.37. The van der Waals surface area contributed by atoms with Gasteiger partial charge in [-0.1, -0.05) is 6.42 Å². The number of benzene rings is 1. The number of hydrogen-bond donors (Lipinski definition) is 0. The van der Waals surface area contributed by atoms with Crippen molar-refractivity contribution in [2.24, 2.45) is 5.92 Å². The molecule has 0 saturated heterocycles. The van der Waals surface area contributed by atoms with E-state index in [1.54, 1.807) is 0 Å². The molecule has 0 bridgehead atoms. The molecule has 110 valence electrons. The monoisotopic (exact) mass is 282 g/mol. The lowest BCUT2D eigenvalue weighted by Gasteiger charge is -2.25. The van der Waals surface area contributed by atoms with E-state index in [1.807, 2.05) is 0 Å². The van der Waals surface area contributed by atoms with Crippen molar-refractivity contribution in [3.05, 3.63) is 23.8 Å². The minimum atomic E-state index is -0.931. The fourth-order valence-corrected chi connectivity index (χ4v) is 2.77. The summed E-state index contributed by atoms with van der Waals surface area (Å²) in [6.07, 6.45) is 7.49. The summed E-state index contributed by atoms with van der Waals surface area (Å²) in [6, 6.07) is 2.95. The molecule has 0 aromatic heterocycles. The zero-order valence-corrected chi connectivity index (χ0v) is 11.5. The Morgan fingerprint density at radius 2 is 1.55 bits per heavy atom. The molecule has 0 aliphatic heterocycles. The summed E-state index contributed by atoms with van der Waals surface area (Å²) in [7, 11) is 0. The maximum absolute atomic E-state index is 14.0. The Morgan fingerprint density at radius 3 is 2.20 bits per heavy atom. The second-order valence-electron chi connectivity index (χ2n) is 5.82. The molecule has 2 aliphatic carbocycles. The zero-order valence-electron chi connectivity index (χ0n) is 11.5. The van der Waals surface area contributed by atoms with Crippen LogP contribution < -0.4 is 9.47 Å². The Hall–Kier alpha value is -1.32. The first-order chi connectivity index (χ1) is 9.74. The fourth-order valence-electron chi connectivity index (χ4n) is 2.77. The summed E-state index contributed by atoms with van der Waals surface area (Å²) in [6.45, 7) is 0.471. The van der Waals surface area contributed by atoms with Gasteiger partial charge >= 0.3 is 0 Å². The molecule has 2 fully saturated rings. The summed E-state index contributed by atoms with van der Waals surface area (Å²) >= 11 is 0. The molecule has 2 nitrogen and oxygen atoms in total. The number of ether oxygens (including phenoxy) is 2. The van der Waals surface area contributed by atoms with Gasteiger partial charge in [-0.15, -0.1) is 0 Å². The van der Waals surface area contributed by atoms with Gasteiger partial charge in [-0.3, -0.25) is 0 Å². The minimum Gasteiger partial charge on any atom is -0.490 e. The van der Waals surface area contributed by atoms with E-state index in [0.717, 1.165) is 38.5 Å². The maximum Gasteiger partial charge on any atom is 0.204 e. The van der Waals surface area contributed by atoms with Gasteiger partial charge in [0, 0.05) is 0 Å². The van der Waals surface area contributed by atoms with Crippen molar-refractivity contribution in [3.8, 4) is 11.5 Å². The van der Waals surface area contributed by atoms with E-state index in [1.165, 1.54) is 18.6 Å². The fraction of sp³-hybridized carbons (Fsp3) is 0.625. The molecule has 0 heterocycles. The number of rotatable bonds is 5. The molecule has 2 saturated carbocycles. The molecule has 20 heavy (non-hydrogen) atoms. The zero-order chi connectivity index (χ0) is 13.9. The Labute approximate surface area is 118 Å². The van der Waals surface area contributed by atoms with E-state index in [4.69, 9.17) is 9.47 Å². The van der Waals surface area contributed by atoms with Gasteiger partial charge in [-0.25, -0.2) is 0 Å². The van der Waals surface area contributed by atoms with Crippen LogP contribution in [0.3, 0.4) is 0 Å². The van der Waals surface area contributed by atoms with E-state index < -0.39 is 11.6 Å². The van der Waals surface area contributed by atoms with E-state index in [9.17, 15) is 8.78 Å². The lowest BCUT2D eigenvalue weighted by atomic mass is 9.86. The second kappa shape index (κ2) is 5.98. The average molecular weight is 282 g/mol. The van der Waals surface area contributed by atoms with Crippen molar-refractivity contribution >= 4 is 0 Å². The van der Waals surface area contributed by atoms with Crippen LogP contribution in [0.5, 0.6) is 11.5 Å². The first-order valence-electron chi connectivity index (χ1n) is 7.51. The standard InChI is InChI=1S/C16H20F2O2/c17-15-13(19-10-11-4-3-5-11)8-9-14(16(15)18)20-12-6-1-2-7-12/h8-9,11-12H,1-7,10H2. The predicted octanol–water partition coefficient (Wildman–Crippen LogP) is 4.47. The Bertz CT molecular complexity index is 466. The van der Waals surface area contributed by atoms with Gasteiger partial charge in [0.1, 0.15) is 0 Å². The molecule has 1 aromatic rings. The third-order valence-corrected chi connectivity index (χ3v) is 4.31. The van der Waals surface area contributed by atoms with Gasteiger partial charge in [0.25, 0.3) is 0 Å². The van der Waals surface area contributed by atoms with Gasteiger partial charge in [0.2, 0.25) is 11.6 Å². The van der Waals surface area contributed by atoms with Crippen LogP contribution in [0, 0.1) is 17.6 Å². The molecule has 0 radical (unpaired) electrons. The highest BCUT2D eigenvalue weighted by Gasteiger charge is 2.23. The van der Waals surface area contributed by atoms with Crippen LogP contribution >= 0.6 is 0 Å². The van der Waals surface area contributed by atoms with E-state index in [0.29, 0.717) is 12.5 Å². The molecule has 0 unspecified atom stereocenters. The Morgan fingerprint density at radius 1 is 0.900 bits per heavy atom. The average Bonchev–Trinajstić information content (AvgIpc) is 2.89. The van der Waals surface area contributed by atoms with Crippen LogP contribution in [0.25, 0.3) is 0 Å². The molecule has 3 rings (SSSR count). The van der Waals surface area contributed by atoms with Crippen LogP contribution in [-0.2, 0) is 0 Å². The molecule has 0 N–H and O–H groups in total. The van der Waals surface area contributed by atoms with Crippen molar-refractivity contribution in [1.82, 2.24) is 0 Å². The van der Waals surface area contributed by atoms with Crippen molar-refractivity contribution in [3.63, 3.8) is 0 Å². The van der Waals surface area contributed by atoms with E-state index in [-0.39, 0.29) is 17.6 Å². The molecular formula is C16H20F2O2. The Balaban J connectivity index is 1.65. The molecule has 1 aromatic carbocycles. The van der Waals surface area contributed by atoms with Crippen molar-refractivity contribution < 1.29 is 18.3 Å². The minimum absolute atomic E-state index is 0.00499. The van der Waals surface area contributed by atoms with E-state index >= 15 is 0 Å². The normalized spacial score (nSPS) is 19.9. The van der Waals surface area contributed by atoms with Gasteiger partial charge in [-0.2, -0.15) is 8.78 Å². The smallest absolute Gasteiger partial charge is 0.204 e. The summed E-state index contributed by atoms with van der Waals surface area (Å²) in [4.78, 5) is 0. The molecular weight excluding hydrogens is 262 g/mol. The summed E-state index contributed by atoms with van der Waals surface area (Å²) in [5.41, 5.74) is 0. The lowest BCUT2D eigenvalue weighted by Crippen LogP contribution is -2.20. The van der Waals surface area contributed by atoms with Crippen molar-refractivity contribution in [2.45, 2.75) is 51.0 Å². The predicted molar refractivity (Wildman–Crippen MR) is 72.1 cm³/mol. The van der Waals surface area contributed by atoms with Gasteiger partial charge in [0.15, 0.2) is 11.5 Å². The topological polar surface area (TPSA) is 18.5 Å². The Kier molecular flexibility index (Phi) is 4.08. The molecule has 4 heteroatoms. The van der Waals surface area contributed by atoms with Crippen LogP contribution in [0.1, 0.15) is 44.9 Å². The van der Waals surface area contributed by atoms with Crippen molar-refractivity contribution in [2.75, 3.05) is 6.61 Å². The highest BCUT2D eigenvalue weighted by atomic mass is 19.2. The van der Waals surface area contributed by atoms with Gasteiger partial charge in [0.05, 0.1) is 12.7 Å². The molecule has 0 spiro atoms. The number of halogens is 2. The third-order valence-electron chi connectivity index (χ3n) is 4.31. The highest BCUT2D eigenvalue weighted by Crippen LogP contribution is 2.32. The SMILES string of the molecule is Fc1c(OCC2CCC2)ccc(OC2CCCC2)c1F. The molecule has 0 atom stereocenters. The maximum atomic E-state index is 14.0. The van der Waals surface area contributed by atoms with Crippen LogP contribution in [0.15, 0.2) is 12.1 Å². The summed E-state index contributed by atoms with van der Waals surface area (Å²) < 4.78 is 38.8. The van der Waals surface area contributed by atoms with Gasteiger partial charge < -0.3 is 9.47 Å². The first-order valence-corrected chi connectivity index (χ1v) is 7.51. The number of hydrogen-bond acceptors (Lipinski definition) is 2. The third kappa shape index (κ3) is 2.89. The lowest BCUT2D eigenvalue weighted by molar-refractivity contribution is 0.170.